The van der Waals surface area contributed by atoms with E-state index >= 15 is 0 Å². The fourth-order valence-electron chi connectivity index (χ4n) is 1.80. The molecule has 0 saturated heterocycles. The zero-order chi connectivity index (χ0) is 9.83. The minimum Gasteiger partial charge on any atom is -0.329 e. The highest BCUT2D eigenvalue weighted by Crippen LogP contribution is 2.26. The highest BCUT2D eigenvalue weighted by Gasteiger charge is 2.24. The molecule has 0 bridgehead atoms. The standard InChI is InChI=1S/C10H24N2/c1-9(2,3)8-10(4,5)12-7-6-11/h12H,6-8,11H2,1-5H3. The van der Waals surface area contributed by atoms with E-state index in [1.807, 2.05) is 0 Å². The van der Waals surface area contributed by atoms with Gasteiger partial charge < -0.3 is 11.1 Å². The van der Waals surface area contributed by atoms with Crippen molar-refractivity contribution >= 4 is 0 Å². The summed E-state index contributed by atoms with van der Waals surface area (Å²) in [5.41, 5.74) is 6.02. The van der Waals surface area contributed by atoms with E-state index in [1.165, 1.54) is 6.42 Å². The Labute approximate surface area is 76.9 Å². The maximum atomic E-state index is 5.44. The minimum atomic E-state index is 0.206. The van der Waals surface area contributed by atoms with Gasteiger partial charge in [-0.3, -0.25) is 0 Å². The van der Waals surface area contributed by atoms with Gasteiger partial charge >= 0.3 is 0 Å². The number of nitrogens with two attached hydrogens (primary N) is 1. The molecule has 0 fully saturated rings. The van der Waals surface area contributed by atoms with E-state index in [2.05, 4.69) is 39.9 Å². The van der Waals surface area contributed by atoms with Crippen molar-refractivity contribution in [2.75, 3.05) is 13.1 Å². The fraction of sp³-hybridized carbons (Fsp3) is 1.00. The molecular formula is C10H24N2. The first kappa shape index (κ1) is 11.9. The summed E-state index contributed by atoms with van der Waals surface area (Å²) in [6, 6.07) is 0. The smallest absolute Gasteiger partial charge is 0.0130 e. The van der Waals surface area contributed by atoms with Crippen LogP contribution in [0.1, 0.15) is 41.0 Å². The summed E-state index contributed by atoms with van der Waals surface area (Å²) >= 11 is 0. The second kappa shape index (κ2) is 4.24. The molecule has 0 unspecified atom stereocenters. The topological polar surface area (TPSA) is 38.0 Å². The Hall–Kier alpha value is -0.0800. The maximum absolute atomic E-state index is 5.44. The number of nitrogens with one attached hydrogen (secondary N) is 1. The van der Waals surface area contributed by atoms with Gasteiger partial charge in [-0.25, -0.2) is 0 Å². The molecule has 0 aliphatic heterocycles. The van der Waals surface area contributed by atoms with Crippen molar-refractivity contribution in [3.05, 3.63) is 0 Å². The van der Waals surface area contributed by atoms with E-state index in [4.69, 9.17) is 5.73 Å². The van der Waals surface area contributed by atoms with Crippen LogP contribution in [0.25, 0.3) is 0 Å². The van der Waals surface area contributed by atoms with Crippen molar-refractivity contribution in [2.24, 2.45) is 11.1 Å². The lowest BCUT2D eigenvalue weighted by Crippen LogP contribution is -2.44. The Morgan fingerprint density at radius 1 is 1.08 bits per heavy atom. The van der Waals surface area contributed by atoms with Gasteiger partial charge in [-0.1, -0.05) is 20.8 Å². The van der Waals surface area contributed by atoms with Crippen LogP contribution in [0, 0.1) is 5.41 Å². The first-order valence-electron chi connectivity index (χ1n) is 4.72. The van der Waals surface area contributed by atoms with Crippen molar-refractivity contribution in [1.82, 2.24) is 5.32 Å². The third-order valence-corrected chi connectivity index (χ3v) is 1.72. The van der Waals surface area contributed by atoms with E-state index < -0.39 is 0 Å². The summed E-state index contributed by atoms with van der Waals surface area (Å²) in [5.74, 6) is 0. The van der Waals surface area contributed by atoms with E-state index in [9.17, 15) is 0 Å². The molecule has 0 aromatic heterocycles. The molecule has 74 valence electrons. The van der Waals surface area contributed by atoms with Crippen LogP contribution in [0.5, 0.6) is 0 Å². The minimum absolute atomic E-state index is 0.206. The Kier molecular flexibility index (Phi) is 4.21. The quantitative estimate of drug-likeness (QED) is 0.678. The van der Waals surface area contributed by atoms with Crippen molar-refractivity contribution in [1.29, 1.82) is 0 Å². The molecule has 0 rings (SSSR count). The van der Waals surface area contributed by atoms with E-state index in [1.54, 1.807) is 0 Å². The predicted molar refractivity (Wildman–Crippen MR) is 55.2 cm³/mol. The van der Waals surface area contributed by atoms with Crippen LogP contribution in [0.4, 0.5) is 0 Å². The monoisotopic (exact) mass is 172 g/mol. The van der Waals surface area contributed by atoms with Crippen LogP contribution in [0.3, 0.4) is 0 Å². The van der Waals surface area contributed by atoms with Gasteiger partial charge in [0.15, 0.2) is 0 Å². The lowest BCUT2D eigenvalue weighted by molar-refractivity contribution is 0.244. The van der Waals surface area contributed by atoms with Gasteiger partial charge in [0.25, 0.3) is 0 Å². The molecule has 0 spiro atoms. The van der Waals surface area contributed by atoms with Crippen molar-refractivity contribution in [3.8, 4) is 0 Å². The lowest BCUT2D eigenvalue weighted by Gasteiger charge is -2.33. The van der Waals surface area contributed by atoms with Crippen LogP contribution in [-0.2, 0) is 0 Å². The summed E-state index contributed by atoms with van der Waals surface area (Å²) in [6.07, 6.45) is 1.17. The molecule has 0 aliphatic rings. The molecule has 2 nitrogen and oxygen atoms in total. The highest BCUT2D eigenvalue weighted by molar-refractivity contribution is 4.82. The number of rotatable bonds is 4. The van der Waals surface area contributed by atoms with Gasteiger partial charge in [0.05, 0.1) is 0 Å². The van der Waals surface area contributed by atoms with Gasteiger partial charge in [0.1, 0.15) is 0 Å². The molecule has 0 aliphatic carbocycles. The first-order chi connectivity index (χ1) is 5.27. The normalized spacial score (nSPS) is 13.5. The van der Waals surface area contributed by atoms with E-state index in [-0.39, 0.29) is 5.54 Å². The molecule has 0 atom stereocenters. The van der Waals surface area contributed by atoms with E-state index in [0.29, 0.717) is 12.0 Å². The molecule has 0 aromatic carbocycles. The fourth-order valence-corrected chi connectivity index (χ4v) is 1.80. The Morgan fingerprint density at radius 2 is 1.58 bits per heavy atom. The van der Waals surface area contributed by atoms with Gasteiger partial charge in [0.2, 0.25) is 0 Å². The number of hydrogen-bond acceptors (Lipinski definition) is 2. The molecule has 0 aromatic rings. The van der Waals surface area contributed by atoms with Gasteiger partial charge in [-0.15, -0.1) is 0 Å². The van der Waals surface area contributed by atoms with Crippen LogP contribution < -0.4 is 11.1 Å². The van der Waals surface area contributed by atoms with Crippen LogP contribution in [-0.4, -0.2) is 18.6 Å². The van der Waals surface area contributed by atoms with Crippen molar-refractivity contribution < 1.29 is 0 Å². The van der Waals surface area contributed by atoms with Crippen molar-refractivity contribution in [3.63, 3.8) is 0 Å². The zero-order valence-corrected chi connectivity index (χ0v) is 9.20. The number of hydrogen-bond donors (Lipinski definition) is 2. The van der Waals surface area contributed by atoms with Crippen LogP contribution in [0.2, 0.25) is 0 Å². The van der Waals surface area contributed by atoms with Gasteiger partial charge in [-0.05, 0) is 25.7 Å². The van der Waals surface area contributed by atoms with E-state index in [0.717, 1.165) is 6.54 Å². The van der Waals surface area contributed by atoms with Gasteiger partial charge in [0, 0.05) is 18.6 Å². The summed E-state index contributed by atoms with van der Waals surface area (Å²) < 4.78 is 0. The molecule has 0 radical (unpaired) electrons. The largest absolute Gasteiger partial charge is 0.329 e. The second-order valence-corrected chi connectivity index (χ2v) is 5.34. The SMILES string of the molecule is CC(C)(C)CC(C)(C)NCCN. The Morgan fingerprint density at radius 3 is 1.92 bits per heavy atom. The molecule has 0 heterocycles. The summed E-state index contributed by atoms with van der Waals surface area (Å²) in [4.78, 5) is 0. The highest BCUT2D eigenvalue weighted by atomic mass is 15.0. The molecular weight excluding hydrogens is 148 g/mol. The molecule has 3 N–H and O–H groups in total. The lowest BCUT2D eigenvalue weighted by atomic mass is 9.82. The zero-order valence-electron chi connectivity index (χ0n) is 9.20. The predicted octanol–water partition coefficient (Wildman–Crippen LogP) is 1.75. The average molecular weight is 172 g/mol. The van der Waals surface area contributed by atoms with Crippen molar-refractivity contribution in [2.45, 2.75) is 46.6 Å². The van der Waals surface area contributed by atoms with Crippen LogP contribution >= 0.6 is 0 Å². The molecule has 12 heavy (non-hydrogen) atoms. The summed E-state index contributed by atoms with van der Waals surface area (Å²) in [7, 11) is 0. The summed E-state index contributed by atoms with van der Waals surface area (Å²) in [5, 5.41) is 3.44. The maximum Gasteiger partial charge on any atom is 0.0130 e. The third kappa shape index (κ3) is 6.62. The molecule has 2 heteroatoms. The van der Waals surface area contributed by atoms with Gasteiger partial charge in [-0.2, -0.15) is 0 Å². The summed E-state index contributed by atoms with van der Waals surface area (Å²) in [6.45, 7) is 12.9. The third-order valence-electron chi connectivity index (χ3n) is 1.72. The average Bonchev–Trinajstić information content (AvgIpc) is 1.78. The molecule has 0 amide bonds. The second-order valence-electron chi connectivity index (χ2n) is 5.34. The van der Waals surface area contributed by atoms with Crippen LogP contribution in [0.15, 0.2) is 0 Å². The Bertz CT molecular complexity index is 122. The Balaban J connectivity index is 3.86. The molecule has 0 saturated carbocycles. The first-order valence-corrected chi connectivity index (χ1v) is 4.72.